The first-order chi connectivity index (χ1) is 30.2. The molecule has 2 N–H and O–H groups in total. The second-order valence-electron chi connectivity index (χ2n) is 19.7. The highest BCUT2D eigenvalue weighted by Gasteiger charge is 2.54. The Hall–Kier alpha value is -3.36. The number of hydrogen-bond acceptors (Lipinski definition) is 11. The van der Waals surface area contributed by atoms with Crippen molar-refractivity contribution < 1.29 is 57.5 Å². The number of carbonyl (C=O) groups is 5. The van der Waals surface area contributed by atoms with Gasteiger partial charge in [-0.15, -0.1) is 0 Å². The van der Waals surface area contributed by atoms with Crippen molar-refractivity contribution in [3.63, 3.8) is 0 Å². The molecule has 15 atom stereocenters. The number of aliphatic hydroxyl groups excluding tert-OH is 2. The Morgan fingerprint density at radius 2 is 1.62 bits per heavy atom. The molecule has 0 spiro atoms. The Morgan fingerprint density at radius 1 is 0.906 bits per heavy atom. The number of ether oxygens (including phenoxy) is 4. The van der Waals surface area contributed by atoms with E-state index in [9.17, 15) is 34.2 Å². The number of cyclic esters (lactones) is 1. The van der Waals surface area contributed by atoms with Crippen molar-refractivity contribution in [3.05, 3.63) is 47.6 Å². The number of carbonyl (C=O) groups excluding carboxylic acids is 5. The summed E-state index contributed by atoms with van der Waals surface area (Å²) in [6.07, 6.45) is 11.9. The molecule has 3 aliphatic heterocycles. The van der Waals surface area contributed by atoms with Crippen LogP contribution in [0.25, 0.3) is 0 Å². The van der Waals surface area contributed by atoms with Crippen LogP contribution in [0.5, 0.6) is 0 Å². The quantitative estimate of drug-likeness (QED) is 0.157. The van der Waals surface area contributed by atoms with Crippen molar-refractivity contribution in [3.8, 4) is 0 Å². The number of piperidine rings is 1. The number of esters is 1. The molecular weight excluding hydrogens is 822 g/mol. The Bertz CT molecular complexity index is 1740. The topological polar surface area (TPSA) is 166 Å². The van der Waals surface area contributed by atoms with Gasteiger partial charge in [0.05, 0.1) is 18.3 Å². The zero-order valence-electron chi connectivity index (χ0n) is 40.1. The van der Waals surface area contributed by atoms with E-state index in [0.29, 0.717) is 63.4 Å². The van der Waals surface area contributed by atoms with Gasteiger partial charge in [-0.3, -0.25) is 19.2 Å². The van der Waals surface area contributed by atoms with Crippen LogP contribution in [0.2, 0.25) is 0 Å². The third-order valence-corrected chi connectivity index (χ3v) is 14.2. The number of aliphatic hydroxyl groups is 2. The average molecular weight is 900 g/mol. The van der Waals surface area contributed by atoms with Gasteiger partial charge in [0.15, 0.2) is 5.78 Å². The van der Waals surface area contributed by atoms with E-state index in [0.717, 1.165) is 16.9 Å². The number of fused-ring (bicyclic) bond motifs is 3. The standard InChI is InChI=1S/C51H78FNO11/c1-30-14-15-31(2)18-21-39-22-19-37(8)51(52,64-39)48(58)49(59)53-24-12-11-13-40(53)50(60)63-43(34(5)27-38-20-23-41(54)44(28-38)61-9)29-42(55)33(4)26-36(7)46(57)47(62-10)45(56)35(6)25-32(3)17-16-30/h14-18,26,30,32-35,37-41,43-44,46-47,54,57H,11-13,19-25,27-29H2,1-10H3/b15-14+,17-16+,31-18+,36-26+/t30?,32-,33-,34-,35-,37-,38+,39?,40?,41-,43+,44-,46-,47+,51?/m1/s1. The van der Waals surface area contributed by atoms with Crippen LogP contribution < -0.4 is 0 Å². The lowest BCUT2D eigenvalue weighted by molar-refractivity contribution is -0.227. The molecule has 360 valence electrons. The van der Waals surface area contributed by atoms with E-state index in [1.165, 1.54) is 7.11 Å². The largest absolute Gasteiger partial charge is 0.460 e. The Balaban J connectivity index is 1.69. The highest BCUT2D eigenvalue weighted by molar-refractivity contribution is 6.39. The molecule has 3 fully saturated rings. The zero-order chi connectivity index (χ0) is 47.5. The first-order valence-electron chi connectivity index (χ1n) is 23.8. The fourth-order valence-corrected chi connectivity index (χ4v) is 9.87. The summed E-state index contributed by atoms with van der Waals surface area (Å²) in [6.45, 7) is 14.7. The summed E-state index contributed by atoms with van der Waals surface area (Å²) in [4.78, 5) is 71.3. The molecule has 1 saturated carbocycles. The number of alkyl halides is 1. The maximum atomic E-state index is 16.9. The summed E-state index contributed by atoms with van der Waals surface area (Å²) in [5.74, 6) is -8.83. The first-order valence-corrected chi connectivity index (χ1v) is 23.8. The third kappa shape index (κ3) is 14.1. The predicted octanol–water partition coefficient (Wildman–Crippen LogP) is 7.78. The summed E-state index contributed by atoms with van der Waals surface area (Å²) in [7, 11) is 2.94. The van der Waals surface area contributed by atoms with Crippen LogP contribution in [0.1, 0.15) is 132 Å². The molecule has 4 rings (SSSR count). The SMILES string of the molecule is CO[C@@H]1C[C@H](C[C@@H](C)[C@@H]2CC(=O)[C@H](C)/C=C(\C)[C@@H](O)[C@@H](OC)C(=O)[C@H](C)C[C@H](C)/C=C/C(C)/C=C/C(C)=C/CC3CC[C@@H](C)C(F)(O3)C(=O)C(=O)N3CCCCC3C(=O)O2)CC[C@H]1O. The number of methoxy groups -OCH3 is 2. The summed E-state index contributed by atoms with van der Waals surface area (Å²) in [5.41, 5.74) is 1.31. The smallest absolute Gasteiger partial charge is 0.329 e. The lowest BCUT2D eigenvalue weighted by atomic mass is 9.78. The summed E-state index contributed by atoms with van der Waals surface area (Å²) in [5, 5.41) is 21.9. The van der Waals surface area contributed by atoms with Gasteiger partial charge < -0.3 is 34.1 Å². The van der Waals surface area contributed by atoms with E-state index in [-0.39, 0.29) is 60.7 Å². The Labute approximate surface area is 381 Å². The van der Waals surface area contributed by atoms with Gasteiger partial charge in [0.25, 0.3) is 17.5 Å². The molecule has 2 saturated heterocycles. The molecular formula is C51H78FNO11. The average Bonchev–Trinajstić information content (AvgIpc) is 3.27. The van der Waals surface area contributed by atoms with Crippen LogP contribution in [-0.2, 0) is 42.9 Å². The van der Waals surface area contributed by atoms with E-state index in [1.54, 1.807) is 34.0 Å². The second-order valence-corrected chi connectivity index (χ2v) is 19.7. The van der Waals surface area contributed by atoms with Crippen molar-refractivity contribution in [2.24, 2.45) is 41.4 Å². The van der Waals surface area contributed by atoms with Crippen LogP contribution in [-0.4, -0.2) is 114 Å². The minimum absolute atomic E-state index is 0.0455. The van der Waals surface area contributed by atoms with E-state index in [4.69, 9.17) is 18.9 Å². The van der Waals surface area contributed by atoms with Gasteiger partial charge in [0.1, 0.15) is 30.1 Å². The highest BCUT2D eigenvalue weighted by atomic mass is 19.2. The molecule has 12 nitrogen and oxygen atoms in total. The maximum Gasteiger partial charge on any atom is 0.329 e. The molecule has 0 aromatic carbocycles. The molecule has 1 aliphatic carbocycles. The van der Waals surface area contributed by atoms with Crippen molar-refractivity contribution in [1.29, 1.82) is 0 Å². The fourth-order valence-electron chi connectivity index (χ4n) is 9.87. The van der Waals surface area contributed by atoms with Crippen LogP contribution >= 0.6 is 0 Å². The van der Waals surface area contributed by atoms with Gasteiger partial charge in [-0.1, -0.05) is 83.6 Å². The number of Topliss-reactive ketones (excluding diaryl/α,β-unsaturated/α-hetero) is 3. The summed E-state index contributed by atoms with van der Waals surface area (Å²) >= 11 is 0. The van der Waals surface area contributed by atoms with Gasteiger partial charge >= 0.3 is 5.97 Å². The number of ketones is 3. The molecule has 64 heavy (non-hydrogen) atoms. The molecule has 4 aliphatic rings. The normalized spacial score (nSPS) is 40.9. The molecule has 4 unspecified atom stereocenters. The third-order valence-electron chi connectivity index (χ3n) is 14.2. The van der Waals surface area contributed by atoms with Gasteiger partial charge in [-0.2, -0.15) is 0 Å². The van der Waals surface area contributed by atoms with Crippen molar-refractivity contribution >= 4 is 29.2 Å². The maximum absolute atomic E-state index is 16.9. The zero-order valence-corrected chi connectivity index (χ0v) is 40.1. The molecule has 0 aromatic heterocycles. The van der Waals surface area contributed by atoms with Crippen molar-refractivity contribution in [1.82, 2.24) is 4.90 Å². The van der Waals surface area contributed by atoms with Gasteiger partial charge in [-0.05, 0) is 114 Å². The molecule has 2 bridgehead atoms. The number of halogens is 1. The molecule has 3 heterocycles. The van der Waals surface area contributed by atoms with Crippen molar-refractivity contribution in [2.45, 2.75) is 181 Å². The number of hydrogen-bond donors (Lipinski definition) is 2. The predicted molar refractivity (Wildman–Crippen MR) is 242 cm³/mol. The van der Waals surface area contributed by atoms with E-state index in [1.807, 2.05) is 52.8 Å². The molecule has 13 heteroatoms. The van der Waals surface area contributed by atoms with Gasteiger partial charge in [-0.25, -0.2) is 9.18 Å². The van der Waals surface area contributed by atoms with Crippen LogP contribution in [0.15, 0.2) is 47.6 Å². The summed E-state index contributed by atoms with van der Waals surface area (Å²) < 4.78 is 40.1. The monoisotopic (exact) mass is 900 g/mol. The van der Waals surface area contributed by atoms with Crippen LogP contribution in [0, 0.1) is 41.4 Å². The first kappa shape index (κ1) is 53.3. The van der Waals surface area contributed by atoms with Crippen LogP contribution in [0.3, 0.4) is 0 Å². The minimum atomic E-state index is -2.88. The van der Waals surface area contributed by atoms with E-state index >= 15 is 4.39 Å². The lowest BCUT2D eigenvalue weighted by Crippen LogP contribution is -2.59. The van der Waals surface area contributed by atoms with Gasteiger partial charge in [0, 0.05) is 44.9 Å². The Kier molecular flexibility index (Phi) is 20.3. The number of nitrogens with zero attached hydrogens (tertiary/aromatic N) is 1. The second kappa shape index (κ2) is 24.4. The minimum Gasteiger partial charge on any atom is -0.460 e. The van der Waals surface area contributed by atoms with Gasteiger partial charge in [0.2, 0.25) is 0 Å². The Morgan fingerprint density at radius 3 is 2.31 bits per heavy atom. The molecule has 1 amide bonds. The summed E-state index contributed by atoms with van der Waals surface area (Å²) in [6, 6.07) is -1.18. The molecule has 0 radical (unpaired) electrons. The highest BCUT2D eigenvalue weighted by Crippen LogP contribution is 2.39. The molecule has 0 aromatic rings. The number of amides is 1. The fraction of sp³-hybridized carbons (Fsp3) is 0.745. The van der Waals surface area contributed by atoms with E-state index < -0.39 is 77.8 Å². The van der Waals surface area contributed by atoms with Crippen molar-refractivity contribution in [2.75, 3.05) is 20.8 Å². The van der Waals surface area contributed by atoms with E-state index in [2.05, 4.69) is 12.2 Å². The number of allylic oxidation sites excluding steroid dienone is 6. The lowest BCUT2D eigenvalue weighted by Gasteiger charge is -2.40. The number of rotatable bonds is 5. The van der Waals surface area contributed by atoms with Crippen LogP contribution in [0.4, 0.5) is 4.39 Å².